The van der Waals surface area contributed by atoms with E-state index < -0.39 is 5.60 Å². The highest BCUT2D eigenvalue weighted by Crippen LogP contribution is 2.26. The monoisotopic (exact) mass is 686 g/mol. The van der Waals surface area contributed by atoms with Crippen molar-refractivity contribution in [2.24, 2.45) is 0 Å². The molecule has 0 radical (unpaired) electrons. The maximum absolute atomic E-state index is 13.6. The zero-order chi connectivity index (χ0) is 35.3. The van der Waals surface area contributed by atoms with Gasteiger partial charge in [-0.1, -0.05) is 67.1 Å². The summed E-state index contributed by atoms with van der Waals surface area (Å²) in [6.07, 6.45) is 29.4. The topological polar surface area (TPSA) is 75.7 Å². The maximum atomic E-state index is 13.6. The van der Waals surface area contributed by atoms with Gasteiger partial charge >= 0.3 is 0 Å². The minimum atomic E-state index is -1.11. The van der Waals surface area contributed by atoms with E-state index >= 15 is 0 Å². The molecule has 2 aromatic carbocycles. The molecule has 1 aliphatic rings. The molecule has 1 N–H and O–H groups in total. The van der Waals surface area contributed by atoms with Gasteiger partial charge in [0.2, 0.25) is 5.91 Å². The van der Waals surface area contributed by atoms with Crippen molar-refractivity contribution >= 4 is 29.2 Å². The van der Waals surface area contributed by atoms with Crippen molar-refractivity contribution in [2.75, 3.05) is 13.1 Å². The van der Waals surface area contributed by atoms with E-state index in [0.717, 1.165) is 57.8 Å². The smallest absolute Gasteiger partial charge is 0.266 e. The Balaban J connectivity index is 1.30. The molecule has 1 unspecified atom stereocenters. The van der Waals surface area contributed by atoms with Gasteiger partial charge in [-0.25, -0.2) is 0 Å². The van der Waals surface area contributed by atoms with Gasteiger partial charge in [0.1, 0.15) is 5.75 Å². The highest BCUT2D eigenvalue weighted by atomic mass is 35.5. The molecule has 1 saturated heterocycles. The molecule has 0 spiro atoms. The quantitative estimate of drug-likeness (QED) is 0.0806. The summed E-state index contributed by atoms with van der Waals surface area (Å²) >= 11 is 5.94. The van der Waals surface area contributed by atoms with Crippen LogP contribution in [0.25, 0.3) is 0 Å². The molecule has 0 saturated carbocycles. The first-order valence-corrected chi connectivity index (χ1v) is 18.4. The van der Waals surface area contributed by atoms with Crippen LogP contribution < -0.4 is 10.1 Å². The number of rotatable bonds is 21. The molecular weight excluding hydrogens is 632 g/mol. The molecule has 1 fully saturated rings. The SMILES string of the molecule is CC/C=C\C/C=C\C/C=C\CCCC/C=C\CCCC(=O)NCC1CCCN1C(=O)C(C)(C)Oc1ccc(C(=O)c2ccc(Cl)cc2)cc1. The lowest BCUT2D eigenvalue weighted by Crippen LogP contribution is -2.52. The number of halogens is 1. The van der Waals surface area contributed by atoms with Gasteiger partial charge < -0.3 is 15.0 Å². The van der Waals surface area contributed by atoms with Gasteiger partial charge in [-0.2, -0.15) is 0 Å². The number of ether oxygens (including phenoxy) is 1. The Morgan fingerprint density at radius 2 is 1.37 bits per heavy atom. The highest BCUT2D eigenvalue weighted by molar-refractivity contribution is 6.30. The Labute approximate surface area is 299 Å². The molecule has 1 heterocycles. The second-order valence-electron chi connectivity index (χ2n) is 13.0. The predicted octanol–water partition coefficient (Wildman–Crippen LogP) is 9.98. The van der Waals surface area contributed by atoms with Gasteiger partial charge in [-0.3, -0.25) is 14.4 Å². The molecule has 7 heteroatoms. The Hall–Kier alpha value is -3.90. The van der Waals surface area contributed by atoms with Crippen molar-refractivity contribution in [3.63, 3.8) is 0 Å². The molecule has 0 aromatic heterocycles. The zero-order valence-corrected chi connectivity index (χ0v) is 30.4. The van der Waals surface area contributed by atoms with Crippen LogP contribution in [-0.4, -0.2) is 47.2 Å². The lowest BCUT2D eigenvalue weighted by molar-refractivity contribution is -0.146. The molecule has 49 heavy (non-hydrogen) atoms. The number of hydrogen-bond donors (Lipinski definition) is 1. The third-order valence-electron chi connectivity index (χ3n) is 8.50. The normalized spacial score (nSPS) is 15.3. The Kier molecular flexibility index (Phi) is 17.7. The van der Waals surface area contributed by atoms with Crippen LogP contribution in [0.4, 0.5) is 0 Å². The molecule has 0 bridgehead atoms. The van der Waals surface area contributed by atoms with E-state index in [1.807, 2.05) is 4.90 Å². The molecule has 264 valence electrons. The molecular formula is C42H55ClN2O4. The highest BCUT2D eigenvalue weighted by Gasteiger charge is 2.39. The van der Waals surface area contributed by atoms with E-state index in [1.54, 1.807) is 62.4 Å². The number of likely N-dealkylation sites (tertiary alicyclic amines) is 1. The average molecular weight is 687 g/mol. The van der Waals surface area contributed by atoms with Gasteiger partial charge in [0.05, 0.1) is 0 Å². The van der Waals surface area contributed by atoms with Crippen molar-refractivity contribution in [1.82, 2.24) is 10.2 Å². The summed E-state index contributed by atoms with van der Waals surface area (Å²) in [5.41, 5.74) is -0.0383. The lowest BCUT2D eigenvalue weighted by atomic mass is 10.0. The molecule has 1 aliphatic heterocycles. The lowest BCUT2D eigenvalue weighted by Gasteiger charge is -2.33. The molecule has 2 amide bonds. The molecule has 0 aliphatic carbocycles. The van der Waals surface area contributed by atoms with Crippen LogP contribution in [0.15, 0.2) is 97.1 Å². The van der Waals surface area contributed by atoms with Gasteiger partial charge in [-0.15, -0.1) is 0 Å². The number of hydrogen-bond acceptors (Lipinski definition) is 4. The number of ketones is 1. The van der Waals surface area contributed by atoms with Crippen LogP contribution in [0.5, 0.6) is 5.75 Å². The van der Waals surface area contributed by atoms with Crippen molar-refractivity contribution in [2.45, 2.75) is 109 Å². The molecule has 3 rings (SSSR count). The summed E-state index contributed by atoms with van der Waals surface area (Å²) < 4.78 is 6.13. The number of amides is 2. The first kappa shape index (κ1) is 39.5. The summed E-state index contributed by atoms with van der Waals surface area (Å²) in [6, 6.07) is 13.5. The summed E-state index contributed by atoms with van der Waals surface area (Å²) in [6.45, 7) is 6.75. The summed E-state index contributed by atoms with van der Waals surface area (Å²) in [5.74, 6) is 0.300. The van der Waals surface area contributed by atoms with Crippen LogP contribution >= 0.6 is 11.6 Å². The van der Waals surface area contributed by atoms with Crippen LogP contribution in [0.1, 0.15) is 114 Å². The molecule has 2 aromatic rings. The van der Waals surface area contributed by atoms with Crippen molar-refractivity contribution in [1.29, 1.82) is 0 Å². The van der Waals surface area contributed by atoms with E-state index in [2.05, 4.69) is 60.8 Å². The van der Waals surface area contributed by atoms with Crippen molar-refractivity contribution in [3.05, 3.63) is 113 Å². The standard InChI is InChI=1S/C42H55ClN2O4/c1-4-5-6-7-8-9-10-11-12-13-14-15-16-17-18-19-20-23-39(46)44-33-37-22-21-32-45(37)41(48)42(2,3)49-38-30-26-35(27-31-38)40(47)34-24-28-36(43)29-25-34/h5-6,8-9,11-12,17-18,24-31,37H,4,7,10,13-16,19-23,32-33H2,1-3H3,(H,44,46)/b6-5-,9-8-,12-11-,18-17-. The number of carbonyl (C=O) groups is 3. The number of unbranched alkanes of at least 4 members (excludes halogenated alkanes) is 4. The fourth-order valence-corrected chi connectivity index (χ4v) is 5.85. The summed E-state index contributed by atoms with van der Waals surface area (Å²) in [4.78, 5) is 40.7. The van der Waals surface area contributed by atoms with Crippen LogP contribution in [0, 0.1) is 0 Å². The van der Waals surface area contributed by atoms with Crippen LogP contribution in [0.2, 0.25) is 5.02 Å². The van der Waals surface area contributed by atoms with Crippen molar-refractivity contribution < 1.29 is 19.1 Å². The zero-order valence-electron chi connectivity index (χ0n) is 29.7. The van der Waals surface area contributed by atoms with E-state index in [-0.39, 0.29) is 23.6 Å². The van der Waals surface area contributed by atoms with Gasteiger partial charge in [0, 0.05) is 41.7 Å². The second kappa shape index (κ2) is 21.9. The number of nitrogens with zero attached hydrogens (tertiary/aromatic N) is 1. The molecule has 6 nitrogen and oxygen atoms in total. The van der Waals surface area contributed by atoms with E-state index in [9.17, 15) is 14.4 Å². The Bertz CT molecular complexity index is 1420. The minimum absolute atomic E-state index is 0.0236. The van der Waals surface area contributed by atoms with E-state index in [1.165, 1.54) is 12.8 Å². The third kappa shape index (κ3) is 14.6. The Morgan fingerprint density at radius 1 is 0.816 bits per heavy atom. The third-order valence-corrected chi connectivity index (χ3v) is 8.75. The largest absolute Gasteiger partial charge is 0.478 e. The number of nitrogens with one attached hydrogen (secondary N) is 1. The predicted molar refractivity (Wildman–Crippen MR) is 202 cm³/mol. The minimum Gasteiger partial charge on any atom is -0.478 e. The van der Waals surface area contributed by atoms with E-state index in [4.69, 9.17) is 16.3 Å². The first-order chi connectivity index (χ1) is 23.7. The number of carbonyl (C=O) groups excluding carboxylic acids is 3. The fraction of sp³-hybridized carbons (Fsp3) is 0.452. The summed E-state index contributed by atoms with van der Waals surface area (Å²) in [7, 11) is 0. The van der Waals surface area contributed by atoms with Gasteiger partial charge in [0.15, 0.2) is 11.4 Å². The number of allylic oxidation sites excluding steroid dienone is 8. The average Bonchev–Trinajstić information content (AvgIpc) is 3.57. The fourth-order valence-electron chi connectivity index (χ4n) is 5.73. The van der Waals surface area contributed by atoms with E-state index in [0.29, 0.717) is 41.4 Å². The first-order valence-electron chi connectivity index (χ1n) is 18.0. The Morgan fingerprint density at radius 3 is 2.00 bits per heavy atom. The van der Waals surface area contributed by atoms with Crippen LogP contribution in [0.3, 0.4) is 0 Å². The van der Waals surface area contributed by atoms with Crippen molar-refractivity contribution in [3.8, 4) is 5.75 Å². The maximum Gasteiger partial charge on any atom is 0.266 e. The second-order valence-corrected chi connectivity index (χ2v) is 13.4. The van der Waals surface area contributed by atoms with Gasteiger partial charge in [0.25, 0.3) is 5.91 Å². The molecule has 1 atom stereocenters. The van der Waals surface area contributed by atoms with Crippen LogP contribution in [-0.2, 0) is 9.59 Å². The summed E-state index contributed by atoms with van der Waals surface area (Å²) in [5, 5.41) is 3.62. The number of benzene rings is 2. The van der Waals surface area contributed by atoms with Gasteiger partial charge in [-0.05, 0) is 133 Å².